The number of aliphatic hydroxyl groups is 1. The van der Waals surface area contributed by atoms with Gasteiger partial charge in [-0.3, -0.25) is 0 Å². The second-order valence-corrected chi connectivity index (χ2v) is 7.27. The SMILES string of the molecule is CC(C)(C)NCc1c(Cl)cccc1N1CCCCC1CO. The highest BCUT2D eigenvalue weighted by atomic mass is 35.5. The molecule has 0 amide bonds. The lowest BCUT2D eigenvalue weighted by atomic mass is 9.99. The normalized spacial score (nSPS) is 19.9. The maximum Gasteiger partial charge on any atom is 0.0635 e. The Morgan fingerprint density at radius 2 is 2.10 bits per heavy atom. The van der Waals surface area contributed by atoms with E-state index < -0.39 is 0 Å². The average Bonchev–Trinajstić information content (AvgIpc) is 2.44. The van der Waals surface area contributed by atoms with Gasteiger partial charge < -0.3 is 15.3 Å². The van der Waals surface area contributed by atoms with Gasteiger partial charge in [0.15, 0.2) is 0 Å². The van der Waals surface area contributed by atoms with E-state index in [1.165, 1.54) is 12.8 Å². The van der Waals surface area contributed by atoms with E-state index in [0.717, 1.165) is 35.8 Å². The number of nitrogens with one attached hydrogen (secondary N) is 1. The molecular formula is C17H27ClN2O. The van der Waals surface area contributed by atoms with Crippen molar-refractivity contribution in [3.8, 4) is 0 Å². The first-order valence-corrected chi connectivity index (χ1v) is 8.20. The van der Waals surface area contributed by atoms with Crippen molar-refractivity contribution in [1.82, 2.24) is 5.32 Å². The second-order valence-electron chi connectivity index (χ2n) is 6.87. The molecule has 1 heterocycles. The number of rotatable bonds is 4. The molecule has 0 bridgehead atoms. The summed E-state index contributed by atoms with van der Waals surface area (Å²) in [6, 6.07) is 6.29. The maximum atomic E-state index is 9.65. The van der Waals surface area contributed by atoms with Crippen molar-refractivity contribution >= 4 is 17.3 Å². The van der Waals surface area contributed by atoms with E-state index >= 15 is 0 Å². The zero-order valence-corrected chi connectivity index (χ0v) is 14.1. The molecule has 0 aliphatic carbocycles. The summed E-state index contributed by atoms with van der Waals surface area (Å²) in [7, 11) is 0. The van der Waals surface area contributed by atoms with E-state index in [1.54, 1.807) is 0 Å². The summed E-state index contributed by atoms with van der Waals surface area (Å²) >= 11 is 6.44. The zero-order valence-electron chi connectivity index (χ0n) is 13.3. The lowest BCUT2D eigenvalue weighted by Crippen LogP contribution is -2.43. The van der Waals surface area contributed by atoms with E-state index in [0.29, 0.717) is 0 Å². The molecule has 1 aromatic rings. The molecule has 1 aromatic carbocycles. The first-order chi connectivity index (χ1) is 9.92. The van der Waals surface area contributed by atoms with Crippen LogP contribution in [0.25, 0.3) is 0 Å². The Morgan fingerprint density at radius 1 is 1.33 bits per heavy atom. The van der Waals surface area contributed by atoms with E-state index in [1.807, 2.05) is 12.1 Å². The Kier molecular flexibility index (Phi) is 5.53. The van der Waals surface area contributed by atoms with Gasteiger partial charge >= 0.3 is 0 Å². The number of anilines is 1. The van der Waals surface area contributed by atoms with Gasteiger partial charge in [-0.2, -0.15) is 0 Å². The van der Waals surface area contributed by atoms with Crippen LogP contribution < -0.4 is 10.2 Å². The summed E-state index contributed by atoms with van der Waals surface area (Å²) in [5.74, 6) is 0. The number of hydrogen-bond acceptors (Lipinski definition) is 3. The van der Waals surface area contributed by atoms with Crippen LogP contribution in [0.1, 0.15) is 45.6 Å². The third-order valence-electron chi connectivity index (χ3n) is 4.04. The van der Waals surface area contributed by atoms with Gasteiger partial charge in [-0.15, -0.1) is 0 Å². The van der Waals surface area contributed by atoms with Gasteiger partial charge in [-0.25, -0.2) is 0 Å². The molecule has 3 nitrogen and oxygen atoms in total. The average molecular weight is 311 g/mol. The van der Waals surface area contributed by atoms with Crippen LogP contribution in [0.15, 0.2) is 18.2 Å². The van der Waals surface area contributed by atoms with Crippen molar-refractivity contribution in [2.45, 2.75) is 58.2 Å². The van der Waals surface area contributed by atoms with Crippen molar-refractivity contribution in [3.05, 3.63) is 28.8 Å². The molecule has 21 heavy (non-hydrogen) atoms. The number of aliphatic hydroxyl groups excluding tert-OH is 1. The van der Waals surface area contributed by atoms with Crippen LogP contribution in [-0.4, -0.2) is 29.8 Å². The molecule has 1 unspecified atom stereocenters. The number of piperidine rings is 1. The van der Waals surface area contributed by atoms with Crippen LogP contribution in [0, 0.1) is 0 Å². The summed E-state index contributed by atoms with van der Waals surface area (Å²) in [6.07, 6.45) is 3.42. The van der Waals surface area contributed by atoms with Crippen molar-refractivity contribution < 1.29 is 5.11 Å². The minimum absolute atomic E-state index is 0.0503. The van der Waals surface area contributed by atoms with Gasteiger partial charge in [0.2, 0.25) is 0 Å². The van der Waals surface area contributed by atoms with Crippen LogP contribution >= 0.6 is 11.6 Å². The maximum absolute atomic E-state index is 9.65. The summed E-state index contributed by atoms with van der Waals surface area (Å²) in [5.41, 5.74) is 2.35. The van der Waals surface area contributed by atoms with E-state index in [9.17, 15) is 5.11 Å². The van der Waals surface area contributed by atoms with E-state index in [-0.39, 0.29) is 18.2 Å². The quantitative estimate of drug-likeness (QED) is 0.892. The zero-order chi connectivity index (χ0) is 15.5. The molecule has 1 saturated heterocycles. The van der Waals surface area contributed by atoms with Crippen LogP contribution in [0.5, 0.6) is 0 Å². The molecule has 2 rings (SSSR count). The minimum atomic E-state index is 0.0503. The Morgan fingerprint density at radius 3 is 2.76 bits per heavy atom. The molecule has 1 aliphatic heterocycles. The fourth-order valence-corrected chi connectivity index (χ4v) is 3.09. The van der Waals surface area contributed by atoms with Crippen LogP contribution in [-0.2, 0) is 6.54 Å². The molecule has 118 valence electrons. The Hall–Kier alpha value is -0.770. The highest BCUT2D eigenvalue weighted by Crippen LogP contribution is 2.32. The number of hydrogen-bond donors (Lipinski definition) is 2. The largest absolute Gasteiger partial charge is 0.394 e. The molecule has 1 aliphatic rings. The third kappa shape index (κ3) is 4.35. The summed E-state index contributed by atoms with van der Waals surface area (Å²) in [4.78, 5) is 2.33. The van der Waals surface area contributed by atoms with Crippen molar-refractivity contribution in [1.29, 1.82) is 0 Å². The van der Waals surface area contributed by atoms with Crippen molar-refractivity contribution in [3.63, 3.8) is 0 Å². The first-order valence-electron chi connectivity index (χ1n) is 7.82. The number of benzene rings is 1. The monoisotopic (exact) mass is 310 g/mol. The molecule has 2 N–H and O–H groups in total. The molecule has 4 heteroatoms. The highest BCUT2D eigenvalue weighted by Gasteiger charge is 2.25. The fraction of sp³-hybridized carbons (Fsp3) is 0.647. The summed E-state index contributed by atoms with van der Waals surface area (Å²) in [6.45, 7) is 8.41. The van der Waals surface area contributed by atoms with Crippen molar-refractivity contribution in [2.75, 3.05) is 18.1 Å². The summed E-state index contributed by atoms with van der Waals surface area (Å²) in [5, 5.41) is 14.0. The van der Waals surface area contributed by atoms with Crippen molar-refractivity contribution in [2.24, 2.45) is 0 Å². The minimum Gasteiger partial charge on any atom is -0.394 e. The molecule has 1 fully saturated rings. The Labute approximate surface area is 133 Å². The molecule has 0 radical (unpaired) electrons. The van der Waals surface area contributed by atoms with Crippen LogP contribution in [0.4, 0.5) is 5.69 Å². The smallest absolute Gasteiger partial charge is 0.0635 e. The predicted molar refractivity (Wildman–Crippen MR) is 90.1 cm³/mol. The fourth-order valence-electron chi connectivity index (χ4n) is 2.85. The second kappa shape index (κ2) is 6.99. The Bertz CT molecular complexity index is 470. The lowest BCUT2D eigenvalue weighted by Gasteiger charge is -2.38. The van der Waals surface area contributed by atoms with Gasteiger partial charge in [-0.1, -0.05) is 17.7 Å². The molecule has 1 atom stereocenters. The van der Waals surface area contributed by atoms with Gasteiger partial charge in [0.25, 0.3) is 0 Å². The van der Waals surface area contributed by atoms with Gasteiger partial charge in [0.1, 0.15) is 0 Å². The number of halogens is 1. The molecule has 0 aromatic heterocycles. The first kappa shape index (κ1) is 16.6. The van der Waals surface area contributed by atoms with Gasteiger partial charge in [0, 0.05) is 34.9 Å². The molecule has 0 spiro atoms. The van der Waals surface area contributed by atoms with E-state index in [2.05, 4.69) is 37.1 Å². The molecular weight excluding hydrogens is 284 g/mol. The highest BCUT2D eigenvalue weighted by molar-refractivity contribution is 6.31. The molecule has 0 saturated carbocycles. The third-order valence-corrected chi connectivity index (χ3v) is 4.39. The summed E-state index contributed by atoms with van der Waals surface area (Å²) < 4.78 is 0. The predicted octanol–water partition coefficient (Wildman–Crippen LogP) is 3.58. The van der Waals surface area contributed by atoms with E-state index in [4.69, 9.17) is 11.6 Å². The lowest BCUT2D eigenvalue weighted by molar-refractivity contribution is 0.240. The van der Waals surface area contributed by atoms with Gasteiger partial charge in [-0.05, 0) is 52.2 Å². The van der Waals surface area contributed by atoms with Crippen LogP contribution in [0.2, 0.25) is 5.02 Å². The Balaban J connectivity index is 2.27. The topological polar surface area (TPSA) is 35.5 Å². The van der Waals surface area contributed by atoms with Crippen LogP contribution in [0.3, 0.4) is 0 Å². The van der Waals surface area contributed by atoms with Gasteiger partial charge in [0.05, 0.1) is 12.6 Å². The standard InChI is InChI=1S/C17H27ClN2O/c1-17(2,3)19-11-14-15(18)8-6-9-16(14)20-10-5-4-7-13(20)12-21/h6,8-9,13,19,21H,4-5,7,10-12H2,1-3H3. The number of nitrogens with zero attached hydrogens (tertiary/aromatic N) is 1.